The van der Waals surface area contributed by atoms with E-state index in [0.29, 0.717) is 5.69 Å². The summed E-state index contributed by atoms with van der Waals surface area (Å²) >= 11 is 0. The number of benzene rings is 1. The zero-order valence-corrected chi connectivity index (χ0v) is 10.6. The van der Waals surface area contributed by atoms with Gasteiger partial charge < -0.3 is 10.5 Å². The lowest BCUT2D eigenvalue weighted by Gasteiger charge is -2.08. The van der Waals surface area contributed by atoms with E-state index >= 15 is 0 Å². The van der Waals surface area contributed by atoms with Crippen molar-refractivity contribution in [3.63, 3.8) is 0 Å². The first kappa shape index (κ1) is 13.9. The van der Waals surface area contributed by atoms with Crippen molar-refractivity contribution >= 4 is 5.69 Å². The van der Waals surface area contributed by atoms with Gasteiger partial charge >= 0.3 is 5.69 Å². The summed E-state index contributed by atoms with van der Waals surface area (Å²) < 4.78 is 18.4. The summed E-state index contributed by atoms with van der Waals surface area (Å²) in [5.74, 6) is -0.529. The van der Waals surface area contributed by atoms with E-state index < -0.39 is 10.7 Å². The minimum atomic E-state index is -0.640. The van der Waals surface area contributed by atoms with Gasteiger partial charge in [-0.25, -0.2) is 4.39 Å². The normalized spacial score (nSPS) is 11.9. The molecule has 0 aliphatic heterocycles. The molecule has 0 bridgehead atoms. The molecule has 0 aliphatic carbocycles. The molecule has 1 heterocycles. The van der Waals surface area contributed by atoms with E-state index in [-0.39, 0.29) is 23.2 Å². The van der Waals surface area contributed by atoms with Crippen LogP contribution in [0.1, 0.15) is 18.7 Å². The molecule has 0 unspecified atom stereocenters. The zero-order chi connectivity index (χ0) is 14.7. The van der Waals surface area contributed by atoms with Crippen molar-refractivity contribution in [1.82, 2.24) is 4.98 Å². The van der Waals surface area contributed by atoms with Crippen LogP contribution < -0.4 is 10.5 Å². The van der Waals surface area contributed by atoms with E-state index in [9.17, 15) is 14.5 Å². The standard InChI is InChI=1S/C13H12FN3O3/c1-8(15)11-4-3-10(7-16-11)20-13-6-9(14)2-5-12(13)17(18)19/h2-8H,15H2,1H3/t8-/m1/s1. The van der Waals surface area contributed by atoms with Gasteiger partial charge in [-0.1, -0.05) is 0 Å². The van der Waals surface area contributed by atoms with E-state index in [1.54, 1.807) is 19.1 Å². The predicted molar refractivity (Wildman–Crippen MR) is 70.0 cm³/mol. The zero-order valence-electron chi connectivity index (χ0n) is 10.6. The largest absolute Gasteiger partial charge is 0.448 e. The smallest absolute Gasteiger partial charge is 0.311 e. The van der Waals surface area contributed by atoms with Crippen LogP contribution in [0.25, 0.3) is 0 Å². The second kappa shape index (κ2) is 5.62. The lowest BCUT2D eigenvalue weighted by molar-refractivity contribution is -0.385. The van der Waals surface area contributed by atoms with Gasteiger partial charge in [0.15, 0.2) is 0 Å². The first-order valence-electron chi connectivity index (χ1n) is 5.80. The lowest BCUT2D eigenvalue weighted by atomic mass is 10.2. The first-order valence-corrected chi connectivity index (χ1v) is 5.80. The van der Waals surface area contributed by atoms with E-state index in [0.717, 1.165) is 18.2 Å². The first-order chi connectivity index (χ1) is 9.47. The Bertz CT molecular complexity index is 629. The summed E-state index contributed by atoms with van der Waals surface area (Å²) in [6.45, 7) is 1.78. The van der Waals surface area contributed by atoms with Gasteiger partial charge in [0, 0.05) is 18.2 Å². The number of hydrogen-bond donors (Lipinski definition) is 1. The van der Waals surface area contributed by atoms with Crippen molar-refractivity contribution in [1.29, 1.82) is 0 Å². The Morgan fingerprint density at radius 1 is 1.40 bits per heavy atom. The summed E-state index contributed by atoms with van der Waals surface area (Å²) in [5, 5.41) is 10.8. The van der Waals surface area contributed by atoms with Crippen molar-refractivity contribution in [2.45, 2.75) is 13.0 Å². The van der Waals surface area contributed by atoms with Crippen LogP contribution in [0, 0.1) is 15.9 Å². The second-order valence-electron chi connectivity index (χ2n) is 4.18. The Kier molecular flexibility index (Phi) is 3.90. The van der Waals surface area contributed by atoms with Crippen molar-refractivity contribution in [3.05, 3.63) is 58.2 Å². The highest BCUT2D eigenvalue weighted by Crippen LogP contribution is 2.31. The summed E-state index contributed by atoms with van der Waals surface area (Å²) in [5.41, 5.74) is 6.00. The third-order valence-electron chi connectivity index (χ3n) is 2.57. The molecule has 0 fully saturated rings. The van der Waals surface area contributed by atoms with E-state index in [4.69, 9.17) is 10.5 Å². The molecule has 6 nitrogen and oxygen atoms in total. The molecule has 0 radical (unpaired) electrons. The van der Waals surface area contributed by atoms with Crippen molar-refractivity contribution < 1.29 is 14.1 Å². The number of ether oxygens (including phenoxy) is 1. The number of pyridine rings is 1. The Labute approximate surface area is 114 Å². The topological polar surface area (TPSA) is 91.3 Å². The Hall–Kier alpha value is -2.54. The molecule has 0 saturated heterocycles. The summed E-state index contributed by atoms with van der Waals surface area (Å²) in [4.78, 5) is 14.3. The number of nitrogens with two attached hydrogens (primary N) is 1. The molecule has 1 atom stereocenters. The molecule has 0 spiro atoms. The van der Waals surface area contributed by atoms with Crippen LogP contribution in [-0.4, -0.2) is 9.91 Å². The third-order valence-corrected chi connectivity index (χ3v) is 2.57. The molecule has 1 aromatic heterocycles. The van der Waals surface area contributed by atoms with Gasteiger partial charge in [-0.15, -0.1) is 0 Å². The highest BCUT2D eigenvalue weighted by Gasteiger charge is 2.16. The number of nitro groups is 1. The fraction of sp³-hybridized carbons (Fsp3) is 0.154. The third kappa shape index (κ3) is 3.07. The van der Waals surface area contributed by atoms with E-state index in [1.807, 2.05) is 0 Å². The minimum Gasteiger partial charge on any atom is -0.448 e. The molecule has 7 heteroatoms. The van der Waals surface area contributed by atoms with Crippen molar-refractivity contribution in [2.75, 3.05) is 0 Å². The average molecular weight is 277 g/mol. The number of aromatic nitrogens is 1. The maximum Gasteiger partial charge on any atom is 0.311 e. The summed E-state index contributed by atoms with van der Waals surface area (Å²) in [6.07, 6.45) is 1.38. The minimum absolute atomic E-state index is 0.176. The number of hydrogen-bond acceptors (Lipinski definition) is 5. The van der Waals surface area contributed by atoms with Crippen LogP contribution in [0.4, 0.5) is 10.1 Å². The van der Waals surface area contributed by atoms with Crippen LogP contribution >= 0.6 is 0 Å². The van der Waals surface area contributed by atoms with Crippen LogP contribution in [0.15, 0.2) is 36.5 Å². The number of rotatable bonds is 4. The molecule has 2 aromatic rings. The SMILES string of the molecule is C[C@@H](N)c1ccc(Oc2cc(F)ccc2[N+](=O)[O-])cn1. The number of nitrogens with zero attached hydrogens (tertiary/aromatic N) is 2. The fourth-order valence-corrected chi connectivity index (χ4v) is 1.57. The van der Waals surface area contributed by atoms with Crippen LogP contribution in [-0.2, 0) is 0 Å². The molecule has 2 N–H and O–H groups in total. The highest BCUT2D eigenvalue weighted by atomic mass is 19.1. The molecule has 0 amide bonds. The molecule has 2 rings (SSSR count). The Morgan fingerprint density at radius 2 is 2.15 bits per heavy atom. The maximum absolute atomic E-state index is 13.1. The van der Waals surface area contributed by atoms with Gasteiger partial charge in [0.2, 0.25) is 5.75 Å². The monoisotopic (exact) mass is 277 g/mol. The Morgan fingerprint density at radius 3 is 2.70 bits per heavy atom. The van der Waals surface area contributed by atoms with Crippen LogP contribution in [0.2, 0.25) is 0 Å². The quantitative estimate of drug-likeness (QED) is 0.685. The summed E-state index contributed by atoms with van der Waals surface area (Å²) in [6, 6.07) is 5.99. The van der Waals surface area contributed by atoms with E-state index in [2.05, 4.69) is 4.98 Å². The van der Waals surface area contributed by atoms with Crippen LogP contribution in [0.5, 0.6) is 11.5 Å². The fourth-order valence-electron chi connectivity index (χ4n) is 1.57. The summed E-state index contributed by atoms with van der Waals surface area (Å²) in [7, 11) is 0. The molecular formula is C13H12FN3O3. The van der Waals surface area contributed by atoms with Crippen LogP contribution in [0.3, 0.4) is 0 Å². The predicted octanol–water partition coefficient (Wildman–Crippen LogP) is 2.94. The van der Waals surface area contributed by atoms with E-state index in [1.165, 1.54) is 6.20 Å². The maximum atomic E-state index is 13.1. The molecule has 104 valence electrons. The average Bonchev–Trinajstić information content (AvgIpc) is 2.39. The van der Waals surface area contributed by atoms with Crippen molar-refractivity contribution in [3.8, 4) is 11.5 Å². The molecular weight excluding hydrogens is 265 g/mol. The van der Waals surface area contributed by atoms with Gasteiger partial charge in [-0.05, 0) is 25.1 Å². The van der Waals surface area contributed by atoms with Gasteiger partial charge in [0.1, 0.15) is 11.6 Å². The number of nitro benzene ring substituents is 1. The number of halogens is 1. The van der Waals surface area contributed by atoms with Gasteiger partial charge in [-0.2, -0.15) is 0 Å². The second-order valence-corrected chi connectivity index (χ2v) is 4.18. The van der Waals surface area contributed by atoms with Gasteiger partial charge in [-0.3, -0.25) is 15.1 Å². The highest BCUT2D eigenvalue weighted by molar-refractivity contribution is 5.48. The van der Waals surface area contributed by atoms with Crippen molar-refractivity contribution in [2.24, 2.45) is 5.73 Å². The lowest BCUT2D eigenvalue weighted by Crippen LogP contribution is -2.06. The van der Waals surface area contributed by atoms with Gasteiger partial charge in [0.05, 0.1) is 16.8 Å². The Balaban J connectivity index is 2.29. The molecule has 0 aliphatic rings. The molecule has 1 aromatic carbocycles. The molecule has 0 saturated carbocycles. The van der Waals surface area contributed by atoms with Gasteiger partial charge in [0.25, 0.3) is 0 Å². The molecule has 20 heavy (non-hydrogen) atoms.